The first-order chi connectivity index (χ1) is 14.7. The van der Waals surface area contributed by atoms with Crippen molar-refractivity contribution in [1.82, 2.24) is 0 Å². The second kappa shape index (κ2) is 13.7. The molecular formula is C26H38O5. The maximum atomic E-state index is 11.7. The standard InChI is InChI=1S/C26H38O5/c1-8-23(27)30-15-9-10-24(28)31-17-16-29-22-13-11-21(12-14-22)26(20(6)7)25(18(2)3)19(4)5/h8,11-14,18-20H,1,9-10,15-17H2,2-7H3. The average molecular weight is 431 g/mol. The zero-order chi connectivity index (χ0) is 23.4. The second-order valence-electron chi connectivity index (χ2n) is 8.40. The number of allylic oxidation sites excluding steroid dienone is 2. The third-order valence-electron chi connectivity index (χ3n) is 4.85. The molecule has 0 aliphatic carbocycles. The smallest absolute Gasteiger partial charge is 0.330 e. The van der Waals surface area contributed by atoms with Gasteiger partial charge in [-0.2, -0.15) is 0 Å². The van der Waals surface area contributed by atoms with Gasteiger partial charge in [0, 0.05) is 12.5 Å². The van der Waals surface area contributed by atoms with Crippen molar-refractivity contribution in [1.29, 1.82) is 0 Å². The molecule has 0 aliphatic rings. The molecule has 0 unspecified atom stereocenters. The van der Waals surface area contributed by atoms with Crippen LogP contribution in [0.5, 0.6) is 5.75 Å². The number of ether oxygens (including phenoxy) is 3. The molecule has 0 aromatic heterocycles. The number of benzene rings is 1. The summed E-state index contributed by atoms with van der Waals surface area (Å²) in [5.41, 5.74) is 4.13. The predicted octanol–water partition coefficient (Wildman–Crippen LogP) is 5.84. The van der Waals surface area contributed by atoms with Gasteiger partial charge in [-0.3, -0.25) is 4.79 Å². The van der Waals surface area contributed by atoms with Gasteiger partial charge in [-0.1, -0.05) is 65.8 Å². The lowest BCUT2D eigenvalue weighted by atomic mass is 9.81. The molecule has 0 N–H and O–H groups in total. The molecule has 0 atom stereocenters. The molecule has 0 bridgehead atoms. The summed E-state index contributed by atoms with van der Waals surface area (Å²) in [4.78, 5) is 22.6. The lowest BCUT2D eigenvalue weighted by molar-refractivity contribution is -0.146. The van der Waals surface area contributed by atoms with E-state index in [1.165, 1.54) is 16.7 Å². The first kappa shape index (κ1) is 26.5. The maximum absolute atomic E-state index is 11.7. The molecule has 1 rings (SSSR count). The number of carbonyl (C=O) groups excluding carboxylic acids is 2. The molecule has 31 heavy (non-hydrogen) atoms. The minimum Gasteiger partial charge on any atom is -0.490 e. The minimum atomic E-state index is -0.492. The molecule has 0 saturated carbocycles. The van der Waals surface area contributed by atoms with Gasteiger partial charge >= 0.3 is 11.9 Å². The van der Waals surface area contributed by atoms with Crippen LogP contribution in [-0.2, 0) is 19.1 Å². The summed E-state index contributed by atoms with van der Waals surface area (Å²) in [7, 11) is 0. The molecule has 0 radical (unpaired) electrons. The topological polar surface area (TPSA) is 61.8 Å². The van der Waals surface area contributed by atoms with Gasteiger partial charge in [0.05, 0.1) is 6.61 Å². The summed E-state index contributed by atoms with van der Waals surface area (Å²) in [6.07, 6.45) is 1.70. The van der Waals surface area contributed by atoms with E-state index in [4.69, 9.17) is 14.2 Å². The van der Waals surface area contributed by atoms with E-state index in [2.05, 4.69) is 60.3 Å². The van der Waals surface area contributed by atoms with Gasteiger partial charge in [-0.05, 0) is 47.4 Å². The van der Waals surface area contributed by atoms with Crippen molar-refractivity contribution in [3.8, 4) is 5.75 Å². The number of carbonyl (C=O) groups is 2. The Balaban J connectivity index is 2.54. The molecule has 172 valence electrons. The molecule has 0 heterocycles. The van der Waals surface area contributed by atoms with E-state index < -0.39 is 5.97 Å². The molecule has 0 spiro atoms. The largest absolute Gasteiger partial charge is 0.490 e. The highest BCUT2D eigenvalue weighted by Gasteiger charge is 2.18. The van der Waals surface area contributed by atoms with Crippen LogP contribution in [-0.4, -0.2) is 31.8 Å². The van der Waals surface area contributed by atoms with Crippen LogP contribution in [0.15, 0.2) is 42.5 Å². The summed E-state index contributed by atoms with van der Waals surface area (Å²) in [6.45, 7) is 17.4. The Hall–Kier alpha value is -2.56. The highest BCUT2D eigenvalue weighted by molar-refractivity contribution is 5.81. The fourth-order valence-corrected chi connectivity index (χ4v) is 3.69. The van der Waals surface area contributed by atoms with Gasteiger partial charge in [-0.25, -0.2) is 4.79 Å². The van der Waals surface area contributed by atoms with Gasteiger partial charge in [-0.15, -0.1) is 0 Å². The van der Waals surface area contributed by atoms with Crippen LogP contribution in [0.1, 0.15) is 59.9 Å². The zero-order valence-electron chi connectivity index (χ0n) is 19.9. The van der Waals surface area contributed by atoms with Gasteiger partial charge < -0.3 is 14.2 Å². The number of rotatable bonds is 13. The Labute approximate surface area is 187 Å². The molecule has 0 saturated heterocycles. The Morgan fingerprint density at radius 2 is 1.48 bits per heavy atom. The first-order valence-electron chi connectivity index (χ1n) is 11.1. The summed E-state index contributed by atoms with van der Waals surface area (Å²) in [5, 5.41) is 0. The van der Waals surface area contributed by atoms with Gasteiger partial charge in [0.15, 0.2) is 0 Å². The van der Waals surface area contributed by atoms with E-state index >= 15 is 0 Å². The van der Waals surface area contributed by atoms with Gasteiger partial charge in [0.25, 0.3) is 0 Å². The molecule has 1 aromatic rings. The molecule has 5 nitrogen and oxygen atoms in total. The minimum absolute atomic E-state index is 0.172. The van der Waals surface area contributed by atoms with Crippen molar-refractivity contribution < 1.29 is 23.8 Å². The quantitative estimate of drug-likeness (QED) is 0.223. The third-order valence-corrected chi connectivity index (χ3v) is 4.85. The summed E-state index contributed by atoms with van der Waals surface area (Å²) < 4.78 is 15.7. The zero-order valence-corrected chi connectivity index (χ0v) is 19.9. The summed E-state index contributed by atoms with van der Waals surface area (Å²) in [6, 6.07) is 8.13. The normalized spacial score (nSPS) is 10.9. The third kappa shape index (κ3) is 9.41. The molecule has 0 amide bonds. The lowest BCUT2D eigenvalue weighted by Gasteiger charge is -2.25. The van der Waals surface area contributed by atoms with Crippen molar-refractivity contribution in [3.05, 3.63) is 48.1 Å². The van der Waals surface area contributed by atoms with E-state index in [9.17, 15) is 9.59 Å². The average Bonchev–Trinajstić information content (AvgIpc) is 2.72. The van der Waals surface area contributed by atoms with Crippen LogP contribution in [0, 0.1) is 17.8 Å². The van der Waals surface area contributed by atoms with Crippen molar-refractivity contribution >= 4 is 17.5 Å². The second-order valence-corrected chi connectivity index (χ2v) is 8.40. The molecule has 0 aliphatic heterocycles. The Bertz CT molecular complexity index is 732. The van der Waals surface area contributed by atoms with Crippen LogP contribution in [0.4, 0.5) is 0 Å². The Kier molecular flexibility index (Phi) is 11.7. The summed E-state index contributed by atoms with van der Waals surface area (Å²) in [5.74, 6) is 1.35. The highest BCUT2D eigenvalue weighted by atomic mass is 16.6. The number of hydrogen-bond donors (Lipinski definition) is 0. The van der Waals surface area contributed by atoms with Crippen LogP contribution < -0.4 is 4.74 Å². The monoisotopic (exact) mass is 430 g/mol. The predicted molar refractivity (Wildman–Crippen MR) is 125 cm³/mol. The van der Waals surface area contributed by atoms with Gasteiger partial charge in [0.1, 0.15) is 19.0 Å². The van der Waals surface area contributed by atoms with Crippen LogP contribution in [0.3, 0.4) is 0 Å². The van der Waals surface area contributed by atoms with E-state index in [0.717, 1.165) is 11.8 Å². The lowest BCUT2D eigenvalue weighted by Crippen LogP contribution is -2.13. The Morgan fingerprint density at radius 3 is 2.00 bits per heavy atom. The molecule has 5 heteroatoms. The van der Waals surface area contributed by atoms with E-state index in [0.29, 0.717) is 24.2 Å². The maximum Gasteiger partial charge on any atom is 0.330 e. The molecular weight excluding hydrogens is 392 g/mol. The highest BCUT2D eigenvalue weighted by Crippen LogP contribution is 2.35. The van der Waals surface area contributed by atoms with Crippen LogP contribution in [0.25, 0.3) is 5.57 Å². The van der Waals surface area contributed by atoms with Crippen LogP contribution >= 0.6 is 0 Å². The van der Waals surface area contributed by atoms with Crippen molar-refractivity contribution in [2.45, 2.75) is 54.4 Å². The first-order valence-corrected chi connectivity index (χ1v) is 11.1. The van der Waals surface area contributed by atoms with Crippen molar-refractivity contribution in [2.75, 3.05) is 19.8 Å². The van der Waals surface area contributed by atoms with Gasteiger partial charge in [0.2, 0.25) is 0 Å². The molecule has 0 fully saturated rings. The SMILES string of the molecule is C=CC(=O)OCCCC(=O)OCCOc1ccc(C(=C(C(C)C)C(C)C)C(C)C)cc1. The number of hydrogen-bond acceptors (Lipinski definition) is 5. The molecule has 1 aromatic carbocycles. The fraction of sp³-hybridized carbons (Fsp3) is 0.538. The van der Waals surface area contributed by atoms with Crippen molar-refractivity contribution in [2.24, 2.45) is 17.8 Å². The summed E-state index contributed by atoms with van der Waals surface area (Å²) >= 11 is 0. The van der Waals surface area contributed by atoms with Crippen molar-refractivity contribution in [3.63, 3.8) is 0 Å². The number of esters is 2. The van der Waals surface area contributed by atoms with Crippen LogP contribution in [0.2, 0.25) is 0 Å². The van der Waals surface area contributed by atoms with E-state index in [1.807, 2.05) is 12.1 Å². The van der Waals surface area contributed by atoms with E-state index in [-0.39, 0.29) is 32.2 Å². The Morgan fingerprint density at radius 1 is 0.871 bits per heavy atom. The van der Waals surface area contributed by atoms with E-state index in [1.54, 1.807) is 0 Å². The fourth-order valence-electron chi connectivity index (χ4n) is 3.69.